The molecule has 0 saturated carbocycles. The molecule has 162 valence electrons. The van der Waals surface area contributed by atoms with Gasteiger partial charge < -0.3 is 14.2 Å². The average Bonchev–Trinajstić information content (AvgIpc) is 2.72. The fraction of sp³-hybridized carbons (Fsp3) is 0.174. The minimum atomic E-state index is -3.96. The normalized spacial score (nSPS) is 11.5. The van der Waals surface area contributed by atoms with Crippen molar-refractivity contribution in [2.24, 2.45) is 5.10 Å². The van der Waals surface area contributed by atoms with Crippen molar-refractivity contribution in [3.05, 3.63) is 86.9 Å². The number of aryl methyl sites for hydroxylation is 2. The second-order valence-electron chi connectivity index (χ2n) is 7.14. The van der Waals surface area contributed by atoms with Crippen molar-refractivity contribution >= 4 is 29.9 Å². The Morgan fingerprint density at radius 3 is 2.03 bits per heavy atom. The molecular weight excluding hydrogens is 479 g/mol. The third kappa shape index (κ3) is 5.69. The molecule has 0 radical (unpaired) electrons. The van der Waals surface area contributed by atoms with E-state index in [4.69, 9.17) is 9.05 Å². The maximum atomic E-state index is 13.7. The largest absolute Gasteiger partial charge is 0.557 e. The Morgan fingerprint density at radius 1 is 0.935 bits per heavy atom. The van der Waals surface area contributed by atoms with Crippen molar-refractivity contribution in [2.45, 2.75) is 27.7 Å². The quantitative estimate of drug-likeness (QED) is 0.216. The molecule has 0 unspecified atom stereocenters. The lowest BCUT2D eigenvalue weighted by molar-refractivity contribution is 0.370. The van der Waals surface area contributed by atoms with Gasteiger partial charge in [0.1, 0.15) is 17.2 Å². The number of hydrogen-bond acceptors (Lipinski definition) is 5. The molecule has 2 N–H and O–H groups in total. The molecule has 3 aromatic carbocycles. The molecule has 0 fully saturated rings. The zero-order valence-electron chi connectivity index (χ0n) is 17.7. The van der Waals surface area contributed by atoms with E-state index in [-0.39, 0.29) is 5.75 Å². The van der Waals surface area contributed by atoms with E-state index in [1.807, 2.05) is 52.0 Å². The molecule has 0 bridgehead atoms. The number of nitrogens with zero attached hydrogens (tertiary/aromatic N) is 1. The zero-order chi connectivity index (χ0) is 22.6. The highest BCUT2D eigenvalue weighted by Crippen LogP contribution is 2.47. The van der Waals surface area contributed by atoms with Crippen LogP contribution in [0.1, 0.15) is 27.8 Å². The van der Waals surface area contributed by atoms with Gasteiger partial charge in [0.25, 0.3) is 0 Å². The van der Waals surface area contributed by atoms with Crippen molar-refractivity contribution in [1.82, 2.24) is 5.20 Å². The van der Waals surface area contributed by atoms with Crippen LogP contribution < -0.4 is 14.2 Å². The first-order chi connectivity index (χ1) is 14.7. The van der Waals surface area contributed by atoms with Gasteiger partial charge >= 0.3 is 7.75 Å². The first-order valence-electron chi connectivity index (χ1n) is 9.59. The fourth-order valence-corrected chi connectivity index (χ4v) is 4.37. The average molecular weight is 503 g/mol. The van der Waals surface area contributed by atoms with Crippen molar-refractivity contribution < 1.29 is 18.7 Å². The number of phenols is 1. The van der Waals surface area contributed by atoms with Crippen LogP contribution in [0.5, 0.6) is 17.2 Å². The second kappa shape index (κ2) is 9.58. The van der Waals surface area contributed by atoms with Gasteiger partial charge in [-0.15, -0.1) is 0 Å². The standard InChI is InChI=1S/C23H24BrN2O4P/c1-15-7-5-9-22(17(15)3)29-31(28,30-23-10-6-8-16(2)18(23)4)26-25-14-19-13-20(24)11-12-21(19)27/h5-14,27H,1-4H3,(H,26,28). The number of rotatable bonds is 7. The molecule has 0 heterocycles. The van der Waals surface area contributed by atoms with E-state index in [2.05, 4.69) is 26.2 Å². The topological polar surface area (TPSA) is 80.2 Å². The molecule has 0 atom stereocenters. The predicted octanol–water partition coefficient (Wildman–Crippen LogP) is 6.58. The van der Waals surface area contributed by atoms with Gasteiger partial charge in [-0.25, -0.2) is 4.57 Å². The van der Waals surface area contributed by atoms with Gasteiger partial charge in [-0.1, -0.05) is 40.2 Å². The summed E-state index contributed by atoms with van der Waals surface area (Å²) in [6, 6.07) is 15.9. The summed E-state index contributed by atoms with van der Waals surface area (Å²) in [5, 5.41) is 16.6. The van der Waals surface area contributed by atoms with Gasteiger partial charge in [-0.3, -0.25) is 0 Å². The number of nitrogens with one attached hydrogen (secondary N) is 1. The summed E-state index contributed by atoms with van der Waals surface area (Å²) in [5.74, 6) is 0.901. The van der Waals surface area contributed by atoms with Crippen molar-refractivity contribution in [2.75, 3.05) is 0 Å². The van der Waals surface area contributed by atoms with Gasteiger partial charge in [0.15, 0.2) is 0 Å². The summed E-state index contributed by atoms with van der Waals surface area (Å²) in [7, 11) is -3.96. The molecule has 6 nitrogen and oxygen atoms in total. The van der Waals surface area contributed by atoms with Crippen LogP contribution >= 0.6 is 23.7 Å². The Morgan fingerprint density at radius 2 is 1.48 bits per heavy atom. The molecule has 0 amide bonds. The molecule has 0 aliphatic rings. The summed E-state index contributed by atoms with van der Waals surface area (Å²) in [6.07, 6.45) is 1.35. The number of hydrogen-bond donors (Lipinski definition) is 2. The minimum absolute atomic E-state index is 0.0366. The van der Waals surface area contributed by atoms with E-state index in [9.17, 15) is 9.67 Å². The monoisotopic (exact) mass is 502 g/mol. The lowest BCUT2D eigenvalue weighted by Gasteiger charge is -2.21. The molecular formula is C23H24BrN2O4P. The summed E-state index contributed by atoms with van der Waals surface area (Å²) in [4.78, 5) is 0. The molecule has 3 rings (SSSR count). The Balaban J connectivity index is 1.94. The van der Waals surface area contributed by atoms with Crippen LogP contribution in [0.15, 0.2) is 64.2 Å². The molecule has 0 aliphatic heterocycles. The molecule has 8 heteroatoms. The van der Waals surface area contributed by atoms with Crippen LogP contribution in [0.25, 0.3) is 0 Å². The SMILES string of the molecule is Cc1cccc(OP(=O)(NN=Cc2cc(Br)ccc2O)Oc2cccc(C)c2C)c1C. The molecule has 31 heavy (non-hydrogen) atoms. The highest BCUT2D eigenvalue weighted by Gasteiger charge is 2.30. The molecule has 0 saturated heterocycles. The summed E-state index contributed by atoms with van der Waals surface area (Å²) < 4.78 is 26.1. The van der Waals surface area contributed by atoms with Gasteiger partial charge in [0, 0.05) is 10.0 Å². The third-order valence-electron chi connectivity index (χ3n) is 4.92. The van der Waals surface area contributed by atoms with Crippen molar-refractivity contribution in [3.8, 4) is 17.2 Å². The van der Waals surface area contributed by atoms with E-state index >= 15 is 0 Å². The second-order valence-corrected chi connectivity index (χ2v) is 9.61. The van der Waals surface area contributed by atoms with Crippen LogP contribution in [0.4, 0.5) is 0 Å². The highest BCUT2D eigenvalue weighted by atomic mass is 79.9. The lowest BCUT2D eigenvalue weighted by atomic mass is 10.1. The van der Waals surface area contributed by atoms with Gasteiger partial charge in [-0.05, 0) is 80.3 Å². The Labute approximate surface area is 190 Å². The maximum absolute atomic E-state index is 13.7. The maximum Gasteiger partial charge on any atom is 0.557 e. The summed E-state index contributed by atoms with van der Waals surface area (Å²) in [6.45, 7) is 7.66. The number of aromatic hydroxyl groups is 1. The predicted molar refractivity (Wildman–Crippen MR) is 127 cm³/mol. The number of hydrazone groups is 1. The van der Waals surface area contributed by atoms with Gasteiger partial charge in [0.05, 0.1) is 6.21 Å². The number of phenolic OH excluding ortho intramolecular Hbond substituents is 1. The number of benzene rings is 3. The molecule has 3 aromatic rings. The van der Waals surface area contributed by atoms with E-state index in [1.165, 1.54) is 12.3 Å². The van der Waals surface area contributed by atoms with Crippen molar-refractivity contribution in [3.63, 3.8) is 0 Å². The minimum Gasteiger partial charge on any atom is -0.507 e. The van der Waals surface area contributed by atoms with Crippen LogP contribution in [-0.4, -0.2) is 11.3 Å². The molecule has 0 aromatic heterocycles. The third-order valence-corrected chi connectivity index (χ3v) is 6.65. The summed E-state index contributed by atoms with van der Waals surface area (Å²) in [5.41, 5.74) is 4.13. The first-order valence-corrected chi connectivity index (χ1v) is 11.9. The van der Waals surface area contributed by atoms with Gasteiger partial charge in [0.2, 0.25) is 0 Å². The Bertz CT molecular complexity index is 1120. The lowest BCUT2D eigenvalue weighted by Crippen LogP contribution is -2.15. The van der Waals surface area contributed by atoms with Crippen LogP contribution in [-0.2, 0) is 4.57 Å². The van der Waals surface area contributed by atoms with Crippen molar-refractivity contribution in [1.29, 1.82) is 0 Å². The molecule has 0 spiro atoms. The summed E-state index contributed by atoms with van der Waals surface area (Å²) >= 11 is 3.35. The van der Waals surface area contributed by atoms with Crippen LogP contribution in [0, 0.1) is 27.7 Å². The Kier molecular flexibility index (Phi) is 7.08. The highest BCUT2D eigenvalue weighted by molar-refractivity contribution is 9.10. The first kappa shape index (κ1) is 22.9. The van der Waals surface area contributed by atoms with E-state index in [0.29, 0.717) is 17.1 Å². The van der Waals surface area contributed by atoms with E-state index in [1.54, 1.807) is 24.3 Å². The van der Waals surface area contributed by atoms with Crippen LogP contribution in [0.2, 0.25) is 0 Å². The Hall–Kier alpha value is -2.76. The smallest absolute Gasteiger partial charge is 0.507 e. The van der Waals surface area contributed by atoms with Crippen LogP contribution in [0.3, 0.4) is 0 Å². The fourth-order valence-electron chi connectivity index (χ4n) is 2.76. The van der Waals surface area contributed by atoms with Gasteiger partial charge in [-0.2, -0.15) is 10.3 Å². The van der Waals surface area contributed by atoms with E-state index in [0.717, 1.165) is 26.7 Å². The zero-order valence-corrected chi connectivity index (χ0v) is 20.2. The van der Waals surface area contributed by atoms with E-state index < -0.39 is 7.75 Å². The number of halogens is 1. The molecule has 0 aliphatic carbocycles.